The fourth-order valence-corrected chi connectivity index (χ4v) is 2.72. The molecule has 0 saturated heterocycles. The van der Waals surface area contributed by atoms with E-state index in [1.165, 1.54) is 0 Å². The van der Waals surface area contributed by atoms with Crippen molar-refractivity contribution < 1.29 is 18.5 Å². The zero-order valence-electron chi connectivity index (χ0n) is 12.4. The maximum Gasteiger partial charge on any atom is 0.225 e. The molecule has 6 nitrogen and oxygen atoms in total. The van der Waals surface area contributed by atoms with Crippen LogP contribution in [0.25, 0.3) is 0 Å². The van der Waals surface area contributed by atoms with Crippen LogP contribution >= 0.6 is 0 Å². The van der Waals surface area contributed by atoms with E-state index in [2.05, 4.69) is 5.32 Å². The van der Waals surface area contributed by atoms with E-state index < -0.39 is 10.8 Å². The van der Waals surface area contributed by atoms with Gasteiger partial charge in [-0.2, -0.15) is 0 Å². The molecule has 7 heteroatoms. The van der Waals surface area contributed by atoms with Gasteiger partial charge in [0.15, 0.2) is 0 Å². The number of benzene rings is 1. The van der Waals surface area contributed by atoms with Gasteiger partial charge in [0, 0.05) is 48.5 Å². The molecule has 0 aliphatic heterocycles. The number of anilines is 2. The molecule has 1 unspecified atom stereocenters. The maximum atomic E-state index is 11.8. The molecule has 0 aliphatic rings. The Bertz CT molecular complexity index is 494. The number of nitrogens with one attached hydrogen (secondary N) is 1. The molecule has 1 aromatic carbocycles. The molecule has 118 valence electrons. The molecule has 0 aliphatic carbocycles. The van der Waals surface area contributed by atoms with Gasteiger partial charge in [-0.05, 0) is 18.6 Å². The van der Waals surface area contributed by atoms with E-state index in [0.29, 0.717) is 35.2 Å². The second-order valence-electron chi connectivity index (χ2n) is 4.45. The van der Waals surface area contributed by atoms with Gasteiger partial charge in [0.2, 0.25) is 5.91 Å². The number of amides is 1. The maximum absolute atomic E-state index is 11.8. The molecule has 1 rings (SSSR count). The summed E-state index contributed by atoms with van der Waals surface area (Å²) in [7, 11) is 2.15. The number of nitrogens with two attached hydrogens (primary N) is 1. The molecule has 0 heterocycles. The summed E-state index contributed by atoms with van der Waals surface area (Å²) in [5, 5.41) is 2.71. The van der Waals surface area contributed by atoms with E-state index in [1.807, 2.05) is 0 Å². The summed E-state index contributed by atoms with van der Waals surface area (Å²) in [6.45, 7) is 0.584. The predicted molar refractivity (Wildman–Crippen MR) is 85.0 cm³/mol. The first-order valence-electron chi connectivity index (χ1n) is 6.64. The van der Waals surface area contributed by atoms with E-state index in [1.54, 1.807) is 32.4 Å². The van der Waals surface area contributed by atoms with E-state index in [9.17, 15) is 9.00 Å². The fourth-order valence-electron chi connectivity index (χ4n) is 1.67. The lowest BCUT2D eigenvalue weighted by Gasteiger charge is -2.09. The lowest BCUT2D eigenvalue weighted by molar-refractivity contribution is -0.115. The van der Waals surface area contributed by atoms with Gasteiger partial charge >= 0.3 is 0 Å². The van der Waals surface area contributed by atoms with Gasteiger partial charge in [-0.15, -0.1) is 0 Å². The van der Waals surface area contributed by atoms with Crippen molar-refractivity contribution in [1.82, 2.24) is 0 Å². The standard InChI is InChI=1S/C14H22N2O4S/c1-19-7-3-8-21(18)9-6-14(17)16-13-5-4-11(20-2)10-12(13)15/h4-5,10H,3,6-9,15H2,1-2H3,(H,16,17). The molecule has 0 saturated carbocycles. The Morgan fingerprint density at radius 3 is 2.71 bits per heavy atom. The third-order valence-corrected chi connectivity index (χ3v) is 4.21. The first-order chi connectivity index (χ1) is 10.1. The Hall–Kier alpha value is -1.60. The first kappa shape index (κ1) is 17.5. The van der Waals surface area contributed by atoms with Gasteiger partial charge in [-0.3, -0.25) is 9.00 Å². The first-order valence-corrected chi connectivity index (χ1v) is 8.13. The van der Waals surface area contributed by atoms with E-state index in [0.717, 1.165) is 6.42 Å². The average Bonchev–Trinajstić information content (AvgIpc) is 2.47. The highest BCUT2D eigenvalue weighted by Crippen LogP contribution is 2.24. The Kier molecular flexibility index (Phi) is 7.78. The van der Waals surface area contributed by atoms with Gasteiger partial charge in [0.05, 0.1) is 18.5 Å². The molecule has 0 aromatic heterocycles. The van der Waals surface area contributed by atoms with Crippen molar-refractivity contribution in [3.05, 3.63) is 18.2 Å². The normalized spacial score (nSPS) is 11.9. The number of hydrogen-bond donors (Lipinski definition) is 2. The second-order valence-corrected chi connectivity index (χ2v) is 6.14. The Balaban J connectivity index is 2.38. The minimum Gasteiger partial charge on any atom is -0.497 e. The van der Waals surface area contributed by atoms with Crippen LogP contribution in [0.2, 0.25) is 0 Å². The smallest absolute Gasteiger partial charge is 0.225 e. The largest absolute Gasteiger partial charge is 0.497 e. The number of carbonyl (C=O) groups excluding carboxylic acids is 1. The van der Waals surface area contributed by atoms with E-state index in [4.69, 9.17) is 15.2 Å². The predicted octanol–water partition coefficient (Wildman–Crippen LogP) is 1.39. The molecular formula is C14H22N2O4S. The highest BCUT2D eigenvalue weighted by Gasteiger charge is 2.08. The van der Waals surface area contributed by atoms with Crippen LogP contribution in [0.1, 0.15) is 12.8 Å². The molecule has 21 heavy (non-hydrogen) atoms. The number of carbonyl (C=O) groups is 1. The number of hydrogen-bond acceptors (Lipinski definition) is 5. The second kappa shape index (κ2) is 9.36. The zero-order valence-corrected chi connectivity index (χ0v) is 13.2. The number of methoxy groups -OCH3 is 2. The van der Waals surface area contributed by atoms with Crippen molar-refractivity contribution in [1.29, 1.82) is 0 Å². The average molecular weight is 314 g/mol. The highest BCUT2D eigenvalue weighted by molar-refractivity contribution is 7.84. The van der Waals surface area contributed by atoms with Crippen LogP contribution in [0.5, 0.6) is 5.75 Å². The molecule has 0 spiro atoms. The molecule has 1 aromatic rings. The Morgan fingerprint density at radius 2 is 2.10 bits per heavy atom. The molecule has 0 radical (unpaired) electrons. The SMILES string of the molecule is COCCCS(=O)CCC(=O)Nc1ccc(OC)cc1N. The molecule has 0 fully saturated rings. The van der Waals surface area contributed by atoms with Gasteiger partial charge in [0.25, 0.3) is 0 Å². The quantitative estimate of drug-likeness (QED) is 0.531. The van der Waals surface area contributed by atoms with Crippen LogP contribution in [0.3, 0.4) is 0 Å². The third kappa shape index (κ3) is 6.59. The Labute approximate surface area is 127 Å². The number of ether oxygens (including phenoxy) is 2. The van der Waals surface area contributed by atoms with Crippen molar-refractivity contribution in [2.24, 2.45) is 0 Å². The summed E-state index contributed by atoms with van der Waals surface area (Å²) in [6.07, 6.45) is 0.932. The van der Waals surface area contributed by atoms with Crippen molar-refractivity contribution >= 4 is 28.1 Å². The topological polar surface area (TPSA) is 90.7 Å². The van der Waals surface area contributed by atoms with Gasteiger partial charge in [-0.25, -0.2) is 0 Å². The number of nitrogen functional groups attached to an aromatic ring is 1. The minimum absolute atomic E-state index is 0.199. The van der Waals surface area contributed by atoms with Crippen molar-refractivity contribution in [2.75, 3.05) is 43.4 Å². The molecule has 1 amide bonds. The highest BCUT2D eigenvalue weighted by atomic mass is 32.2. The van der Waals surface area contributed by atoms with Crippen LogP contribution in [-0.4, -0.2) is 42.4 Å². The molecular weight excluding hydrogens is 292 g/mol. The van der Waals surface area contributed by atoms with Crippen LogP contribution in [-0.2, 0) is 20.3 Å². The van der Waals surface area contributed by atoms with Crippen LogP contribution < -0.4 is 15.8 Å². The zero-order chi connectivity index (χ0) is 15.7. The number of rotatable bonds is 9. The van der Waals surface area contributed by atoms with Crippen LogP contribution in [0.4, 0.5) is 11.4 Å². The van der Waals surface area contributed by atoms with Crippen molar-refractivity contribution in [3.63, 3.8) is 0 Å². The van der Waals surface area contributed by atoms with E-state index in [-0.39, 0.29) is 12.3 Å². The molecule has 1 atom stereocenters. The van der Waals surface area contributed by atoms with Crippen LogP contribution in [0, 0.1) is 0 Å². The molecule has 0 bridgehead atoms. The minimum atomic E-state index is -1.00. The summed E-state index contributed by atoms with van der Waals surface area (Å²) < 4.78 is 21.6. The van der Waals surface area contributed by atoms with Crippen molar-refractivity contribution in [2.45, 2.75) is 12.8 Å². The monoisotopic (exact) mass is 314 g/mol. The van der Waals surface area contributed by atoms with Crippen molar-refractivity contribution in [3.8, 4) is 5.75 Å². The summed E-state index contributed by atoms with van der Waals surface area (Å²) in [4.78, 5) is 11.8. The van der Waals surface area contributed by atoms with Gasteiger partial charge < -0.3 is 20.5 Å². The summed E-state index contributed by atoms with van der Waals surface area (Å²) in [5.41, 5.74) is 6.78. The van der Waals surface area contributed by atoms with Gasteiger partial charge in [-0.1, -0.05) is 0 Å². The summed E-state index contributed by atoms with van der Waals surface area (Å²) in [6, 6.07) is 5.04. The van der Waals surface area contributed by atoms with Crippen LogP contribution in [0.15, 0.2) is 18.2 Å². The Morgan fingerprint density at radius 1 is 1.33 bits per heavy atom. The summed E-state index contributed by atoms with van der Waals surface area (Å²) >= 11 is 0. The molecule has 3 N–H and O–H groups in total. The lowest BCUT2D eigenvalue weighted by Crippen LogP contribution is -2.17. The lowest BCUT2D eigenvalue weighted by atomic mass is 10.2. The van der Waals surface area contributed by atoms with Gasteiger partial charge in [0.1, 0.15) is 5.75 Å². The third-order valence-electron chi connectivity index (χ3n) is 2.81. The summed E-state index contributed by atoms with van der Waals surface area (Å²) in [5.74, 6) is 1.31. The van der Waals surface area contributed by atoms with E-state index >= 15 is 0 Å². The fraction of sp³-hybridized carbons (Fsp3) is 0.500.